The van der Waals surface area contributed by atoms with Crippen LogP contribution < -0.4 is 9.47 Å². The summed E-state index contributed by atoms with van der Waals surface area (Å²) in [7, 11) is 0. The van der Waals surface area contributed by atoms with Crippen LogP contribution in [0.3, 0.4) is 0 Å². The molecule has 0 aliphatic rings. The van der Waals surface area contributed by atoms with Crippen LogP contribution in [0.5, 0.6) is 11.5 Å². The molecule has 0 atom stereocenters. The molecule has 0 aliphatic heterocycles. The van der Waals surface area contributed by atoms with E-state index in [0.717, 1.165) is 16.0 Å². The average molecular weight is 311 g/mol. The molecule has 1 aromatic carbocycles. The van der Waals surface area contributed by atoms with Crippen molar-refractivity contribution in [3.05, 3.63) is 41.1 Å². The maximum Gasteiger partial charge on any atom is 0.161 e. The SMILES string of the molecule is CCOc1ccccc1OCCn1cc(Br)cn1. The van der Waals surface area contributed by atoms with Gasteiger partial charge in [-0.3, -0.25) is 4.68 Å². The maximum absolute atomic E-state index is 5.70. The molecule has 2 rings (SSSR count). The Labute approximate surface area is 115 Å². The first-order valence-electron chi connectivity index (χ1n) is 5.82. The highest BCUT2D eigenvalue weighted by Gasteiger charge is 2.03. The van der Waals surface area contributed by atoms with Crippen LogP contribution in [0.4, 0.5) is 0 Å². The largest absolute Gasteiger partial charge is 0.490 e. The molecule has 18 heavy (non-hydrogen) atoms. The van der Waals surface area contributed by atoms with E-state index >= 15 is 0 Å². The Morgan fingerprint density at radius 1 is 1.22 bits per heavy atom. The van der Waals surface area contributed by atoms with Gasteiger partial charge in [0.05, 0.1) is 23.8 Å². The van der Waals surface area contributed by atoms with Crippen molar-refractivity contribution in [1.29, 1.82) is 0 Å². The first-order valence-corrected chi connectivity index (χ1v) is 6.61. The molecule has 0 saturated carbocycles. The zero-order valence-electron chi connectivity index (χ0n) is 10.2. The minimum absolute atomic E-state index is 0.554. The summed E-state index contributed by atoms with van der Waals surface area (Å²) in [6.45, 7) is 3.84. The number of aromatic nitrogens is 2. The predicted molar refractivity (Wildman–Crippen MR) is 73.0 cm³/mol. The van der Waals surface area contributed by atoms with Gasteiger partial charge in [0, 0.05) is 6.20 Å². The Bertz CT molecular complexity index is 499. The van der Waals surface area contributed by atoms with Gasteiger partial charge in [0.15, 0.2) is 11.5 Å². The summed E-state index contributed by atoms with van der Waals surface area (Å²) >= 11 is 3.36. The van der Waals surface area contributed by atoms with Crippen LogP contribution in [0, 0.1) is 0 Å². The highest BCUT2D eigenvalue weighted by atomic mass is 79.9. The first kappa shape index (κ1) is 13.0. The smallest absolute Gasteiger partial charge is 0.161 e. The number of halogens is 1. The third-order valence-corrected chi connectivity index (χ3v) is 2.74. The van der Waals surface area contributed by atoms with E-state index in [9.17, 15) is 0 Å². The van der Waals surface area contributed by atoms with Gasteiger partial charge in [-0.2, -0.15) is 5.10 Å². The zero-order valence-corrected chi connectivity index (χ0v) is 11.8. The van der Waals surface area contributed by atoms with Crippen LogP contribution in [-0.4, -0.2) is 23.0 Å². The standard InChI is InChI=1S/C13H15BrN2O2/c1-2-17-12-5-3-4-6-13(12)18-8-7-16-10-11(14)9-15-16/h3-6,9-10H,2,7-8H2,1H3. The summed E-state index contributed by atoms with van der Waals surface area (Å²) in [6, 6.07) is 7.68. The Hall–Kier alpha value is -1.49. The molecule has 1 heterocycles. The lowest BCUT2D eigenvalue weighted by Gasteiger charge is -2.11. The van der Waals surface area contributed by atoms with Crippen molar-refractivity contribution in [2.24, 2.45) is 0 Å². The zero-order chi connectivity index (χ0) is 12.8. The lowest BCUT2D eigenvalue weighted by molar-refractivity contribution is 0.262. The number of benzene rings is 1. The second kappa shape index (κ2) is 6.44. The Kier molecular flexibility index (Phi) is 4.64. The van der Waals surface area contributed by atoms with Crippen LogP contribution in [0.25, 0.3) is 0 Å². The molecule has 0 spiro atoms. The second-order valence-corrected chi connectivity index (χ2v) is 4.57. The molecule has 0 unspecified atom stereocenters. The van der Waals surface area contributed by atoms with Gasteiger partial charge < -0.3 is 9.47 Å². The summed E-state index contributed by atoms with van der Waals surface area (Å²) in [5, 5.41) is 4.16. The van der Waals surface area contributed by atoms with Crippen molar-refractivity contribution in [3.8, 4) is 11.5 Å². The fourth-order valence-electron chi connectivity index (χ4n) is 1.55. The number of hydrogen-bond acceptors (Lipinski definition) is 3. The van der Waals surface area contributed by atoms with Crippen LogP contribution in [-0.2, 0) is 6.54 Å². The molecule has 4 nitrogen and oxygen atoms in total. The summed E-state index contributed by atoms with van der Waals surface area (Å²) < 4.78 is 14.0. The number of hydrogen-bond donors (Lipinski definition) is 0. The van der Waals surface area contributed by atoms with E-state index in [4.69, 9.17) is 9.47 Å². The molecule has 0 radical (unpaired) electrons. The molecule has 0 bridgehead atoms. The summed E-state index contributed by atoms with van der Waals surface area (Å²) in [4.78, 5) is 0. The molecule has 5 heteroatoms. The van der Waals surface area contributed by atoms with Gasteiger partial charge in [0.1, 0.15) is 6.61 Å². The monoisotopic (exact) mass is 310 g/mol. The van der Waals surface area contributed by atoms with Gasteiger partial charge >= 0.3 is 0 Å². The topological polar surface area (TPSA) is 36.3 Å². The highest BCUT2D eigenvalue weighted by molar-refractivity contribution is 9.10. The van der Waals surface area contributed by atoms with Crippen LogP contribution in [0.2, 0.25) is 0 Å². The molecule has 0 saturated heterocycles. The molecule has 0 N–H and O–H groups in total. The van der Waals surface area contributed by atoms with Gasteiger partial charge in [-0.05, 0) is 35.0 Å². The van der Waals surface area contributed by atoms with Gasteiger partial charge in [0.2, 0.25) is 0 Å². The van der Waals surface area contributed by atoms with Crippen molar-refractivity contribution >= 4 is 15.9 Å². The minimum Gasteiger partial charge on any atom is -0.490 e. The van der Waals surface area contributed by atoms with Crippen molar-refractivity contribution in [2.45, 2.75) is 13.5 Å². The Balaban J connectivity index is 1.89. The lowest BCUT2D eigenvalue weighted by atomic mass is 10.3. The number of para-hydroxylation sites is 2. The number of nitrogens with zero attached hydrogens (tertiary/aromatic N) is 2. The summed E-state index contributed by atoms with van der Waals surface area (Å²) in [6.07, 6.45) is 3.67. The van der Waals surface area contributed by atoms with E-state index in [0.29, 0.717) is 19.8 Å². The van der Waals surface area contributed by atoms with Crippen molar-refractivity contribution in [1.82, 2.24) is 9.78 Å². The third-order valence-electron chi connectivity index (χ3n) is 2.33. The second-order valence-electron chi connectivity index (χ2n) is 3.65. The van der Waals surface area contributed by atoms with Gasteiger partial charge in [-0.1, -0.05) is 12.1 Å². The molecule has 0 fully saturated rings. The average Bonchev–Trinajstić information content (AvgIpc) is 2.78. The molecule has 0 amide bonds. The van der Waals surface area contributed by atoms with Gasteiger partial charge in [-0.15, -0.1) is 0 Å². The van der Waals surface area contributed by atoms with Crippen LogP contribution >= 0.6 is 15.9 Å². The fourth-order valence-corrected chi connectivity index (χ4v) is 1.88. The van der Waals surface area contributed by atoms with E-state index in [1.807, 2.05) is 42.1 Å². The summed E-state index contributed by atoms with van der Waals surface area (Å²) in [5.74, 6) is 1.55. The molecular formula is C13H15BrN2O2. The number of rotatable bonds is 6. The normalized spacial score (nSPS) is 10.3. The van der Waals surface area contributed by atoms with Gasteiger partial charge in [0.25, 0.3) is 0 Å². The maximum atomic E-state index is 5.70. The molecule has 96 valence electrons. The Morgan fingerprint density at radius 2 is 1.94 bits per heavy atom. The van der Waals surface area contributed by atoms with Crippen molar-refractivity contribution in [2.75, 3.05) is 13.2 Å². The number of ether oxygens (including phenoxy) is 2. The van der Waals surface area contributed by atoms with E-state index in [1.54, 1.807) is 6.20 Å². The molecule has 2 aromatic rings. The van der Waals surface area contributed by atoms with Gasteiger partial charge in [-0.25, -0.2) is 0 Å². The van der Waals surface area contributed by atoms with Crippen LogP contribution in [0.1, 0.15) is 6.92 Å². The highest BCUT2D eigenvalue weighted by Crippen LogP contribution is 2.26. The Morgan fingerprint density at radius 3 is 2.56 bits per heavy atom. The minimum atomic E-state index is 0.554. The van der Waals surface area contributed by atoms with Crippen LogP contribution in [0.15, 0.2) is 41.1 Å². The quantitative estimate of drug-likeness (QED) is 0.822. The molecule has 0 aliphatic carbocycles. The van der Waals surface area contributed by atoms with E-state index in [1.165, 1.54) is 0 Å². The van der Waals surface area contributed by atoms with E-state index < -0.39 is 0 Å². The first-order chi connectivity index (χ1) is 8.79. The van der Waals surface area contributed by atoms with Crippen molar-refractivity contribution < 1.29 is 9.47 Å². The van der Waals surface area contributed by atoms with E-state index in [2.05, 4.69) is 21.0 Å². The lowest BCUT2D eigenvalue weighted by Crippen LogP contribution is -2.09. The summed E-state index contributed by atoms with van der Waals surface area (Å²) in [5.41, 5.74) is 0. The fraction of sp³-hybridized carbons (Fsp3) is 0.308. The molecule has 1 aromatic heterocycles. The predicted octanol–water partition coefficient (Wildman–Crippen LogP) is 3.12. The van der Waals surface area contributed by atoms with E-state index in [-0.39, 0.29) is 0 Å². The molecular weight excluding hydrogens is 296 g/mol. The third kappa shape index (κ3) is 3.50. The van der Waals surface area contributed by atoms with Crippen molar-refractivity contribution in [3.63, 3.8) is 0 Å².